The lowest BCUT2D eigenvalue weighted by atomic mass is 10.2. The van der Waals surface area contributed by atoms with Crippen LogP contribution >= 0.6 is 0 Å². The van der Waals surface area contributed by atoms with Gasteiger partial charge >= 0.3 is 0 Å². The molecule has 0 aliphatic carbocycles. The Morgan fingerprint density at radius 1 is 1.57 bits per heavy atom. The van der Waals surface area contributed by atoms with Crippen molar-refractivity contribution in [1.29, 1.82) is 0 Å². The van der Waals surface area contributed by atoms with Gasteiger partial charge in [-0.3, -0.25) is 0 Å². The van der Waals surface area contributed by atoms with Crippen LogP contribution in [0.3, 0.4) is 0 Å². The standard InChI is InChI=1S/C6H9N/c1-5(2)4-6(3)7/h7H,1-4H2. The van der Waals surface area contributed by atoms with Crippen LogP contribution in [-0.2, 0) is 0 Å². The summed E-state index contributed by atoms with van der Waals surface area (Å²) in [6, 6.07) is 0. The molecule has 0 fully saturated rings. The summed E-state index contributed by atoms with van der Waals surface area (Å²) >= 11 is 0. The summed E-state index contributed by atoms with van der Waals surface area (Å²) in [4.78, 5) is 0. The molecule has 1 nitrogen and oxygen atoms in total. The molecule has 0 spiro atoms. The van der Waals surface area contributed by atoms with Gasteiger partial charge in [0.05, 0.1) is 5.57 Å². The first-order valence-corrected chi connectivity index (χ1v) is 2.02. The van der Waals surface area contributed by atoms with E-state index in [0.717, 1.165) is 5.57 Å². The van der Waals surface area contributed by atoms with Gasteiger partial charge in [0.1, 0.15) is 0 Å². The summed E-state index contributed by atoms with van der Waals surface area (Å²) in [6.45, 7) is 10.4. The normalized spacial score (nSPS) is 8.00. The quantitative estimate of drug-likeness (QED) is 0.470. The Morgan fingerprint density at radius 2 is 2.00 bits per heavy atom. The van der Waals surface area contributed by atoms with Gasteiger partial charge in [-0.2, -0.15) is 5.70 Å². The van der Waals surface area contributed by atoms with Crippen molar-refractivity contribution in [2.75, 3.05) is 0 Å². The third kappa shape index (κ3) is 5.15. The maximum absolute atomic E-state index is 6.81. The van der Waals surface area contributed by atoms with E-state index in [1.54, 1.807) is 0 Å². The fourth-order valence-electron chi connectivity index (χ4n) is 0.302. The molecule has 0 saturated carbocycles. The second kappa shape index (κ2) is 2.35. The van der Waals surface area contributed by atoms with Crippen LogP contribution in [-0.4, -0.2) is 0 Å². The van der Waals surface area contributed by atoms with Gasteiger partial charge < -0.3 is 5.73 Å². The first kappa shape index (κ1) is 6.15. The van der Waals surface area contributed by atoms with Crippen LogP contribution in [0.4, 0.5) is 0 Å². The first-order valence-electron chi connectivity index (χ1n) is 2.02. The first-order chi connectivity index (χ1) is 3.13. The van der Waals surface area contributed by atoms with Crippen molar-refractivity contribution in [3.63, 3.8) is 0 Å². The van der Waals surface area contributed by atoms with E-state index in [0.29, 0.717) is 12.1 Å². The zero-order valence-electron chi connectivity index (χ0n) is 4.33. The summed E-state index contributed by atoms with van der Waals surface area (Å²) in [5.74, 6) is 0. The molecular formula is C6H9N. The van der Waals surface area contributed by atoms with E-state index < -0.39 is 0 Å². The Morgan fingerprint density at radius 3 is 2.00 bits per heavy atom. The van der Waals surface area contributed by atoms with E-state index in [-0.39, 0.29) is 0 Å². The average molecular weight is 95.1 g/mol. The number of nitrogens with one attached hydrogen (secondary N) is 1. The molecule has 0 atom stereocenters. The Bertz CT molecular complexity index is 80.4. The molecule has 1 N–H and O–H groups in total. The van der Waals surface area contributed by atoms with Crippen LogP contribution in [0.5, 0.6) is 0 Å². The summed E-state index contributed by atoms with van der Waals surface area (Å²) < 4.78 is 0. The number of allylic oxidation sites excluding steroid dienone is 1. The lowest BCUT2D eigenvalue weighted by Crippen LogP contribution is -1.71. The molecule has 0 aliphatic rings. The van der Waals surface area contributed by atoms with Crippen molar-refractivity contribution < 1.29 is 0 Å². The Hall–Kier alpha value is -0.850. The van der Waals surface area contributed by atoms with E-state index in [2.05, 4.69) is 20.1 Å². The molecular weight excluding hydrogens is 86.1 g/mol. The van der Waals surface area contributed by atoms with Crippen molar-refractivity contribution in [2.24, 2.45) is 0 Å². The van der Waals surface area contributed by atoms with Gasteiger partial charge in [-0.15, -0.1) is 6.58 Å². The van der Waals surface area contributed by atoms with Gasteiger partial charge in [0.25, 0.3) is 0 Å². The van der Waals surface area contributed by atoms with Gasteiger partial charge in [0.15, 0.2) is 0 Å². The molecule has 0 aromatic heterocycles. The minimum absolute atomic E-state index is 0.375. The largest absolute Gasteiger partial charge is 0.702 e. The number of hydrogen-bond acceptors (Lipinski definition) is 0. The molecule has 0 rings (SSSR count). The highest BCUT2D eigenvalue weighted by molar-refractivity contribution is 5.13. The molecule has 0 amide bonds. The lowest BCUT2D eigenvalue weighted by molar-refractivity contribution is 1.23. The van der Waals surface area contributed by atoms with Gasteiger partial charge in [-0.05, 0) is 0 Å². The van der Waals surface area contributed by atoms with Crippen LogP contribution in [0, 0.1) is 6.92 Å². The highest BCUT2D eigenvalue weighted by atomic mass is 14.5. The van der Waals surface area contributed by atoms with Gasteiger partial charge in [0, 0.05) is 19.9 Å². The second-order valence-electron chi connectivity index (χ2n) is 1.53. The molecule has 0 unspecified atom stereocenters. The highest BCUT2D eigenvalue weighted by Gasteiger charge is 1.84. The minimum atomic E-state index is 0.375. The molecule has 1 heteroatoms. The average Bonchev–Trinajstić information content (AvgIpc) is 1.27. The molecule has 0 heterocycles. The smallest absolute Gasteiger partial charge is 0.0989 e. The molecule has 7 heavy (non-hydrogen) atoms. The van der Waals surface area contributed by atoms with Gasteiger partial charge in [-0.25, -0.2) is 0 Å². The predicted molar refractivity (Wildman–Crippen MR) is 32.6 cm³/mol. The monoisotopic (exact) mass is 95.1 g/mol. The summed E-state index contributed by atoms with van der Waals surface area (Å²) in [7, 11) is 0. The highest BCUT2D eigenvalue weighted by Crippen LogP contribution is 2.03. The van der Waals surface area contributed by atoms with Crippen molar-refractivity contribution in [2.45, 2.75) is 6.42 Å². The summed E-state index contributed by atoms with van der Waals surface area (Å²) in [6.07, 6.45) is 0.528. The molecule has 0 aromatic carbocycles. The van der Waals surface area contributed by atoms with Crippen LogP contribution in [0.25, 0.3) is 5.73 Å². The zero-order chi connectivity index (χ0) is 5.86. The topological polar surface area (TPSA) is 23.8 Å². The van der Waals surface area contributed by atoms with Gasteiger partial charge in [0.2, 0.25) is 0 Å². The van der Waals surface area contributed by atoms with E-state index >= 15 is 0 Å². The molecule has 0 aliphatic heterocycles. The maximum atomic E-state index is 6.81. The summed E-state index contributed by atoms with van der Waals surface area (Å²) in [5.41, 5.74) is 7.94. The van der Waals surface area contributed by atoms with Gasteiger partial charge in [-0.1, -0.05) is 0 Å². The third-order valence-electron chi connectivity index (χ3n) is 0.463. The van der Waals surface area contributed by atoms with E-state index in [9.17, 15) is 0 Å². The Kier molecular flexibility index (Phi) is 2.06. The van der Waals surface area contributed by atoms with E-state index in [1.165, 1.54) is 0 Å². The predicted octanol–water partition coefficient (Wildman–Crippen LogP) is 2.33. The Balaban J connectivity index is 3.32. The molecule has 0 radical (unpaired) electrons. The Labute approximate surface area is 44.5 Å². The van der Waals surface area contributed by atoms with Crippen molar-refractivity contribution in [3.05, 3.63) is 37.1 Å². The SMILES string of the molecule is C=C([CH2+])CC(=C)[NH-]. The second-order valence-corrected chi connectivity index (χ2v) is 1.53. The minimum Gasteiger partial charge on any atom is -0.702 e. The van der Waals surface area contributed by atoms with Crippen molar-refractivity contribution in [3.8, 4) is 0 Å². The molecule has 0 saturated heterocycles. The molecule has 38 valence electrons. The number of rotatable bonds is 2. The maximum Gasteiger partial charge on any atom is 0.0989 e. The fourth-order valence-corrected chi connectivity index (χ4v) is 0.302. The molecule has 0 bridgehead atoms. The third-order valence-corrected chi connectivity index (χ3v) is 0.463. The van der Waals surface area contributed by atoms with Crippen LogP contribution in [0.15, 0.2) is 24.4 Å². The van der Waals surface area contributed by atoms with Crippen LogP contribution in [0.2, 0.25) is 0 Å². The number of hydrogen-bond donors (Lipinski definition) is 0. The summed E-state index contributed by atoms with van der Waals surface area (Å²) in [5, 5.41) is 0. The van der Waals surface area contributed by atoms with Crippen molar-refractivity contribution in [1.82, 2.24) is 0 Å². The molecule has 0 aromatic rings. The van der Waals surface area contributed by atoms with Crippen LogP contribution in [0.1, 0.15) is 6.42 Å². The van der Waals surface area contributed by atoms with E-state index in [1.807, 2.05) is 0 Å². The zero-order valence-corrected chi connectivity index (χ0v) is 4.33. The lowest BCUT2D eigenvalue weighted by Gasteiger charge is -1.99. The van der Waals surface area contributed by atoms with Crippen LogP contribution < -0.4 is 0 Å². The van der Waals surface area contributed by atoms with E-state index in [4.69, 9.17) is 5.73 Å². The van der Waals surface area contributed by atoms with Crippen molar-refractivity contribution >= 4 is 0 Å². The fraction of sp³-hybridized carbons (Fsp3) is 0.167.